The predicted molar refractivity (Wildman–Crippen MR) is 62.6 cm³/mol. The van der Waals surface area contributed by atoms with Crippen LogP contribution in [0.2, 0.25) is 0 Å². The van der Waals surface area contributed by atoms with E-state index in [4.69, 9.17) is 0 Å². The molecule has 2 amide bonds. The van der Waals surface area contributed by atoms with Gasteiger partial charge < -0.3 is 15.3 Å². The molecule has 2 aliphatic rings. The van der Waals surface area contributed by atoms with E-state index in [1.807, 2.05) is 5.32 Å². The first kappa shape index (κ1) is 14.4. The van der Waals surface area contributed by atoms with Gasteiger partial charge in [-0.05, 0) is 19.3 Å². The van der Waals surface area contributed by atoms with E-state index in [0.29, 0.717) is 19.5 Å². The second-order valence-corrected chi connectivity index (χ2v) is 5.52. The Morgan fingerprint density at radius 3 is 2.79 bits per heavy atom. The second kappa shape index (κ2) is 5.19. The van der Waals surface area contributed by atoms with Crippen molar-refractivity contribution in [3.8, 4) is 0 Å². The van der Waals surface area contributed by atoms with Gasteiger partial charge in [0.25, 0.3) is 0 Å². The van der Waals surface area contributed by atoms with Gasteiger partial charge in [0.1, 0.15) is 6.54 Å². The van der Waals surface area contributed by atoms with E-state index < -0.39 is 24.4 Å². The van der Waals surface area contributed by atoms with Crippen molar-refractivity contribution in [2.45, 2.75) is 43.9 Å². The fourth-order valence-electron chi connectivity index (χ4n) is 3.04. The second-order valence-electron chi connectivity index (χ2n) is 5.52. The molecule has 110 valence electrons. The highest BCUT2D eigenvalue weighted by Gasteiger charge is 2.44. The molecule has 1 aliphatic carbocycles. The van der Waals surface area contributed by atoms with Crippen LogP contribution in [0.3, 0.4) is 0 Å². The van der Waals surface area contributed by atoms with E-state index in [2.05, 4.69) is 0 Å². The van der Waals surface area contributed by atoms with Crippen LogP contribution in [-0.2, 0) is 0 Å². The number of urea groups is 1. The average Bonchev–Trinajstić information content (AvgIpc) is 2.34. The summed E-state index contributed by atoms with van der Waals surface area (Å²) in [4.78, 5) is 13.0. The molecule has 1 saturated heterocycles. The summed E-state index contributed by atoms with van der Waals surface area (Å²) < 4.78 is 36.1. The highest BCUT2D eigenvalue weighted by molar-refractivity contribution is 5.74. The lowest BCUT2D eigenvalue weighted by Gasteiger charge is -2.47. The minimum atomic E-state index is -4.39. The lowest BCUT2D eigenvalue weighted by Crippen LogP contribution is -2.57. The molecule has 0 bridgehead atoms. The van der Waals surface area contributed by atoms with E-state index in [-0.39, 0.29) is 5.92 Å². The smallest absolute Gasteiger partial charge is 0.389 e. The number of amides is 2. The number of nitrogens with one attached hydrogen (secondary N) is 1. The normalized spacial score (nSPS) is 31.8. The molecule has 1 saturated carbocycles. The Labute approximate surface area is 110 Å². The van der Waals surface area contributed by atoms with Crippen LogP contribution in [0, 0.1) is 5.92 Å². The molecule has 7 heteroatoms. The summed E-state index contributed by atoms with van der Waals surface area (Å²) in [7, 11) is 0. The summed E-state index contributed by atoms with van der Waals surface area (Å²) in [5, 5.41) is 12.3. The van der Waals surface area contributed by atoms with Crippen LogP contribution in [-0.4, -0.2) is 47.4 Å². The number of carbonyl (C=O) groups is 1. The van der Waals surface area contributed by atoms with Gasteiger partial charge in [0, 0.05) is 19.0 Å². The molecule has 0 aromatic carbocycles. The maximum atomic E-state index is 12.0. The highest BCUT2D eigenvalue weighted by Crippen LogP contribution is 2.39. The minimum absolute atomic E-state index is 0.00774. The van der Waals surface area contributed by atoms with Gasteiger partial charge in [0.05, 0.1) is 5.60 Å². The Kier molecular flexibility index (Phi) is 3.94. The molecule has 4 nitrogen and oxygen atoms in total. The Hall–Kier alpha value is -0.980. The van der Waals surface area contributed by atoms with Crippen LogP contribution in [0.1, 0.15) is 32.1 Å². The van der Waals surface area contributed by atoms with Gasteiger partial charge in [-0.3, -0.25) is 0 Å². The summed E-state index contributed by atoms with van der Waals surface area (Å²) in [6, 6.07) is -0.690. The summed E-state index contributed by atoms with van der Waals surface area (Å²) in [6.07, 6.45) is -0.387. The van der Waals surface area contributed by atoms with Crippen molar-refractivity contribution >= 4 is 6.03 Å². The molecule has 1 heterocycles. The van der Waals surface area contributed by atoms with Crippen LogP contribution < -0.4 is 5.32 Å². The summed E-state index contributed by atoms with van der Waals surface area (Å²) in [5.41, 5.74) is -0.723. The van der Waals surface area contributed by atoms with Crippen molar-refractivity contribution < 1.29 is 23.1 Å². The molecule has 0 radical (unpaired) electrons. The minimum Gasteiger partial charge on any atom is -0.389 e. The number of carbonyl (C=O) groups excluding carboxylic acids is 1. The molecular weight excluding hydrogens is 261 g/mol. The molecule has 2 atom stereocenters. The van der Waals surface area contributed by atoms with Crippen molar-refractivity contribution in [3.05, 3.63) is 0 Å². The first-order valence-electron chi connectivity index (χ1n) is 6.62. The van der Waals surface area contributed by atoms with Crippen molar-refractivity contribution in [1.82, 2.24) is 10.2 Å². The van der Waals surface area contributed by atoms with Gasteiger partial charge in [-0.25, -0.2) is 4.79 Å². The van der Waals surface area contributed by atoms with Gasteiger partial charge >= 0.3 is 12.2 Å². The number of halogens is 3. The fraction of sp³-hybridized carbons (Fsp3) is 0.917. The number of aliphatic hydroxyl groups is 1. The molecule has 1 aliphatic heterocycles. The molecule has 2 rings (SSSR count). The molecule has 2 unspecified atom stereocenters. The summed E-state index contributed by atoms with van der Waals surface area (Å²) in [6.45, 7) is -0.645. The number of likely N-dealkylation sites (tertiary alicyclic amines) is 1. The number of nitrogens with zero attached hydrogens (tertiary/aromatic N) is 1. The van der Waals surface area contributed by atoms with Crippen LogP contribution in [0.15, 0.2) is 0 Å². The van der Waals surface area contributed by atoms with Gasteiger partial charge in [-0.15, -0.1) is 0 Å². The number of alkyl halides is 3. The van der Waals surface area contributed by atoms with Crippen LogP contribution in [0.25, 0.3) is 0 Å². The Morgan fingerprint density at radius 1 is 1.37 bits per heavy atom. The Bertz CT molecular complexity index is 348. The summed E-state index contributed by atoms with van der Waals surface area (Å²) in [5.74, 6) is -0.00774. The van der Waals surface area contributed by atoms with Gasteiger partial charge in [-0.2, -0.15) is 13.2 Å². The standard InChI is InChI=1S/C12H19F3N2O2/c13-12(14,15)8-16-10(18)17-6-5-11(19)4-2-1-3-9(11)7-17/h9,19H,1-8H2,(H,16,18). The SMILES string of the molecule is O=C(NCC(F)(F)F)N1CCC2(O)CCCCC2C1. The molecule has 2 fully saturated rings. The monoisotopic (exact) mass is 280 g/mol. The number of piperidine rings is 1. The molecule has 0 aromatic heterocycles. The first-order valence-corrected chi connectivity index (χ1v) is 6.62. The number of hydrogen-bond donors (Lipinski definition) is 2. The van der Waals surface area contributed by atoms with E-state index in [1.54, 1.807) is 0 Å². The third-order valence-electron chi connectivity index (χ3n) is 4.15. The van der Waals surface area contributed by atoms with E-state index in [1.165, 1.54) is 4.90 Å². The number of fused-ring (bicyclic) bond motifs is 1. The molecule has 2 N–H and O–H groups in total. The van der Waals surface area contributed by atoms with Gasteiger partial charge in [0.15, 0.2) is 0 Å². The average molecular weight is 280 g/mol. The predicted octanol–water partition coefficient (Wildman–Crippen LogP) is 1.89. The maximum Gasteiger partial charge on any atom is 0.405 e. The highest BCUT2D eigenvalue weighted by atomic mass is 19.4. The third-order valence-corrected chi connectivity index (χ3v) is 4.15. The quantitative estimate of drug-likeness (QED) is 0.770. The van der Waals surface area contributed by atoms with E-state index in [9.17, 15) is 23.1 Å². The molecule has 19 heavy (non-hydrogen) atoms. The van der Waals surface area contributed by atoms with Crippen LogP contribution >= 0.6 is 0 Å². The lowest BCUT2D eigenvalue weighted by atomic mass is 9.71. The fourth-order valence-corrected chi connectivity index (χ4v) is 3.04. The maximum absolute atomic E-state index is 12.0. The van der Waals surface area contributed by atoms with Crippen molar-refractivity contribution in [3.63, 3.8) is 0 Å². The lowest BCUT2D eigenvalue weighted by molar-refractivity contribution is -0.124. The van der Waals surface area contributed by atoms with Gasteiger partial charge in [-0.1, -0.05) is 12.8 Å². The first-order chi connectivity index (χ1) is 8.80. The van der Waals surface area contributed by atoms with Gasteiger partial charge in [0.2, 0.25) is 0 Å². The zero-order valence-electron chi connectivity index (χ0n) is 10.7. The van der Waals surface area contributed by atoms with E-state index >= 15 is 0 Å². The largest absolute Gasteiger partial charge is 0.405 e. The zero-order valence-corrected chi connectivity index (χ0v) is 10.7. The molecule has 0 spiro atoms. The summed E-state index contributed by atoms with van der Waals surface area (Å²) >= 11 is 0. The Balaban J connectivity index is 1.88. The van der Waals surface area contributed by atoms with Crippen LogP contribution in [0.4, 0.5) is 18.0 Å². The topological polar surface area (TPSA) is 52.6 Å². The van der Waals surface area contributed by atoms with Crippen molar-refractivity contribution in [1.29, 1.82) is 0 Å². The number of hydrogen-bond acceptors (Lipinski definition) is 2. The van der Waals surface area contributed by atoms with Crippen LogP contribution in [0.5, 0.6) is 0 Å². The van der Waals surface area contributed by atoms with Crippen molar-refractivity contribution in [2.24, 2.45) is 5.92 Å². The van der Waals surface area contributed by atoms with Crippen molar-refractivity contribution in [2.75, 3.05) is 19.6 Å². The zero-order chi connectivity index (χ0) is 14.1. The molecule has 0 aromatic rings. The molecular formula is C12H19F3N2O2. The Morgan fingerprint density at radius 2 is 2.11 bits per heavy atom. The third kappa shape index (κ3) is 3.52. The number of rotatable bonds is 1. The van der Waals surface area contributed by atoms with E-state index in [0.717, 1.165) is 25.7 Å².